The van der Waals surface area contributed by atoms with E-state index in [0.717, 1.165) is 16.9 Å². The van der Waals surface area contributed by atoms with Crippen LogP contribution in [0, 0.1) is 0 Å². The van der Waals surface area contributed by atoms with Gasteiger partial charge in [0.05, 0.1) is 0 Å². The van der Waals surface area contributed by atoms with Crippen molar-refractivity contribution in [1.82, 2.24) is 5.32 Å². The monoisotopic (exact) mass is 327 g/mol. The van der Waals surface area contributed by atoms with E-state index in [1.807, 2.05) is 36.4 Å². The van der Waals surface area contributed by atoms with E-state index in [0.29, 0.717) is 18.7 Å². The van der Waals surface area contributed by atoms with Crippen LogP contribution in [0.5, 0.6) is 0 Å². The number of amides is 1. The van der Waals surface area contributed by atoms with Gasteiger partial charge in [-0.1, -0.05) is 60.7 Å². The number of hydrogen-bond acceptors (Lipinski definition) is 3. The van der Waals surface area contributed by atoms with Gasteiger partial charge in [0, 0.05) is 18.2 Å². The highest BCUT2D eigenvalue weighted by Gasteiger charge is 2.39. The molecule has 1 atom stereocenters. The molecule has 1 heterocycles. The molecule has 3 nitrogen and oxygen atoms in total. The third kappa shape index (κ3) is 3.77. The van der Waals surface area contributed by atoms with E-state index in [-0.39, 0.29) is 11.8 Å². The van der Waals surface area contributed by atoms with Crippen LogP contribution in [0.2, 0.25) is 0 Å². The van der Waals surface area contributed by atoms with E-state index in [1.165, 1.54) is 0 Å². The Kier molecular flexibility index (Phi) is 5.03. The predicted molar refractivity (Wildman–Crippen MR) is 94.6 cm³/mol. The van der Waals surface area contributed by atoms with Crippen molar-refractivity contribution in [3.05, 3.63) is 71.8 Å². The molecule has 0 saturated carbocycles. The van der Waals surface area contributed by atoms with Crippen molar-refractivity contribution < 1.29 is 9.90 Å². The zero-order valence-electron chi connectivity index (χ0n) is 12.9. The van der Waals surface area contributed by atoms with Gasteiger partial charge in [0.15, 0.2) is 5.60 Å². The predicted octanol–water partition coefficient (Wildman–Crippen LogP) is 2.80. The maximum atomic E-state index is 12.4. The summed E-state index contributed by atoms with van der Waals surface area (Å²) in [4.78, 5) is 12.4. The fraction of sp³-hybridized carbons (Fsp3) is 0.316. The highest BCUT2D eigenvalue weighted by atomic mass is 32.2. The van der Waals surface area contributed by atoms with Gasteiger partial charge in [0.2, 0.25) is 0 Å². The van der Waals surface area contributed by atoms with Crippen molar-refractivity contribution in [2.75, 3.05) is 18.1 Å². The van der Waals surface area contributed by atoms with Crippen LogP contribution in [0.4, 0.5) is 0 Å². The number of benzene rings is 2. The molecule has 0 radical (unpaired) electrons. The molecule has 1 aliphatic rings. The molecule has 0 aliphatic carbocycles. The Bertz CT molecular complexity index is 599. The minimum absolute atomic E-state index is 0.0824. The van der Waals surface area contributed by atoms with Crippen LogP contribution in [0.1, 0.15) is 23.5 Å². The van der Waals surface area contributed by atoms with Gasteiger partial charge in [-0.2, -0.15) is 11.8 Å². The summed E-state index contributed by atoms with van der Waals surface area (Å²) in [5, 5.41) is 13.3. The number of thioether (sulfide) groups is 1. The third-order valence-corrected chi connectivity index (χ3v) is 5.47. The standard InChI is InChI=1S/C19H21NO2S/c21-18(19(22)11-12-23-14-19)20-13-17(15-7-3-1-4-8-15)16-9-5-2-6-10-16/h1-10,17,22H,11-14H2,(H,20,21)/t19-/m1/s1. The van der Waals surface area contributed by atoms with Crippen molar-refractivity contribution in [2.45, 2.75) is 17.9 Å². The zero-order valence-corrected chi connectivity index (χ0v) is 13.8. The summed E-state index contributed by atoms with van der Waals surface area (Å²) in [5.41, 5.74) is 1.11. The van der Waals surface area contributed by atoms with Crippen LogP contribution in [-0.4, -0.2) is 34.7 Å². The Hall–Kier alpha value is -1.78. The Morgan fingerprint density at radius 2 is 1.65 bits per heavy atom. The molecule has 1 saturated heterocycles. The topological polar surface area (TPSA) is 49.3 Å². The number of hydrogen-bond donors (Lipinski definition) is 2. The second kappa shape index (κ2) is 7.20. The summed E-state index contributed by atoms with van der Waals surface area (Å²) in [5.74, 6) is 1.16. The molecular weight excluding hydrogens is 306 g/mol. The first-order valence-corrected chi connectivity index (χ1v) is 9.03. The second-order valence-corrected chi connectivity index (χ2v) is 7.02. The SMILES string of the molecule is O=C(NCC(c1ccccc1)c1ccccc1)[C@@]1(O)CCSC1. The van der Waals surface area contributed by atoms with Crippen molar-refractivity contribution in [1.29, 1.82) is 0 Å². The maximum absolute atomic E-state index is 12.4. The number of nitrogens with one attached hydrogen (secondary N) is 1. The van der Waals surface area contributed by atoms with Crippen LogP contribution in [0.3, 0.4) is 0 Å². The Morgan fingerprint density at radius 1 is 1.09 bits per heavy atom. The highest BCUT2D eigenvalue weighted by molar-refractivity contribution is 7.99. The molecule has 2 aromatic carbocycles. The molecule has 0 bridgehead atoms. The minimum Gasteiger partial charge on any atom is -0.379 e. The van der Waals surface area contributed by atoms with Crippen LogP contribution < -0.4 is 5.32 Å². The zero-order chi connectivity index (χ0) is 16.1. The second-order valence-electron chi connectivity index (χ2n) is 5.92. The van der Waals surface area contributed by atoms with Gasteiger partial charge in [0.25, 0.3) is 5.91 Å². The summed E-state index contributed by atoms with van der Waals surface area (Å²) in [6.45, 7) is 0.486. The average molecular weight is 327 g/mol. The van der Waals surface area contributed by atoms with Crippen LogP contribution >= 0.6 is 11.8 Å². The van der Waals surface area contributed by atoms with E-state index in [4.69, 9.17) is 0 Å². The first-order valence-electron chi connectivity index (χ1n) is 7.87. The molecule has 2 N–H and O–H groups in total. The molecule has 1 amide bonds. The Morgan fingerprint density at radius 3 is 2.13 bits per heavy atom. The van der Waals surface area contributed by atoms with Crippen molar-refractivity contribution in [3.8, 4) is 0 Å². The molecule has 23 heavy (non-hydrogen) atoms. The summed E-state index contributed by atoms with van der Waals surface area (Å²) < 4.78 is 0. The fourth-order valence-electron chi connectivity index (χ4n) is 2.89. The third-order valence-electron chi connectivity index (χ3n) is 4.29. The van der Waals surface area contributed by atoms with Gasteiger partial charge < -0.3 is 10.4 Å². The molecule has 0 unspecified atom stereocenters. The molecular formula is C19H21NO2S. The molecule has 2 aromatic rings. The van der Waals surface area contributed by atoms with Crippen molar-refractivity contribution in [3.63, 3.8) is 0 Å². The van der Waals surface area contributed by atoms with E-state index < -0.39 is 5.60 Å². The molecule has 4 heteroatoms. The summed E-state index contributed by atoms with van der Waals surface area (Å²) in [6.07, 6.45) is 0.533. The van der Waals surface area contributed by atoms with Crippen LogP contribution in [0.25, 0.3) is 0 Å². The van der Waals surface area contributed by atoms with Crippen molar-refractivity contribution >= 4 is 17.7 Å². The summed E-state index contributed by atoms with van der Waals surface area (Å²) >= 11 is 1.63. The lowest BCUT2D eigenvalue weighted by atomic mass is 9.91. The molecule has 1 aliphatic heterocycles. The lowest BCUT2D eigenvalue weighted by Gasteiger charge is -2.24. The number of aliphatic hydroxyl groups is 1. The van der Waals surface area contributed by atoms with Gasteiger partial charge in [-0.25, -0.2) is 0 Å². The Labute approximate surface area is 141 Å². The number of carbonyl (C=O) groups excluding carboxylic acids is 1. The van der Waals surface area contributed by atoms with Crippen LogP contribution in [-0.2, 0) is 4.79 Å². The Balaban J connectivity index is 1.76. The van der Waals surface area contributed by atoms with E-state index in [2.05, 4.69) is 29.6 Å². The molecule has 1 fully saturated rings. The molecule has 120 valence electrons. The number of rotatable bonds is 5. The van der Waals surface area contributed by atoms with Crippen LogP contribution in [0.15, 0.2) is 60.7 Å². The van der Waals surface area contributed by atoms with Gasteiger partial charge >= 0.3 is 0 Å². The molecule has 3 rings (SSSR count). The van der Waals surface area contributed by atoms with Crippen molar-refractivity contribution in [2.24, 2.45) is 0 Å². The summed E-state index contributed by atoms with van der Waals surface area (Å²) in [7, 11) is 0. The van der Waals surface area contributed by atoms with Gasteiger partial charge in [-0.15, -0.1) is 0 Å². The normalized spacial score (nSPS) is 20.6. The van der Waals surface area contributed by atoms with Gasteiger partial charge in [0.1, 0.15) is 0 Å². The lowest BCUT2D eigenvalue weighted by molar-refractivity contribution is -0.137. The molecule has 0 spiro atoms. The average Bonchev–Trinajstić information content (AvgIpc) is 3.05. The first-order chi connectivity index (χ1) is 11.2. The van der Waals surface area contributed by atoms with E-state index in [1.54, 1.807) is 11.8 Å². The minimum atomic E-state index is -1.21. The highest BCUT2D eigenvalue weighted by Crippen LogP contribution is 2.29. The maximum Gasteiger partial charge on any atom is 0.252 e. The smallest absolute Gasteiger partial charge is 0.252 e. The lowest BCUT2D eigenvalue weighted by Crippen LogP contribution is -2.48. The van der Waals surface area contributed by atoms with Gasteiger partial charge in [-0.05, 0) is 23.3 Å². The molecule has 0 aromatic heterocycles. The first kappa shape index (κ1) is 16.1. The number of carbonyl (C=O) groups is 1. The fourth-order valence-corrected chi connectivity index (χ4v) is 4.13. The van der Waals surface area contributed by atoms with Gasteiger partial charge in [-0.3, -0.25) is 4.79 Å². The largest absolute Gasteiger partial charge is 0.379 e. The van der Waals surface area contributed by atoms with E-state index >= 15 is 0 Å². The quantitative estimate of drug-likeness (QED) is 0.888. The van der Waals surface area contributed by atoms with E-state index in [9.17, 15) is 9.90 Å². The summed E-state index contributed by atoms with van der Waals surface area (Å²) in [6, 6.07) is 20.3.